The molecule has 0 atom stereocenters. The van der Waals surface area contributed by atoms with Gasteiger partial charge in [0.15, 0.2) is 10.8 Å². The van der Waals surface area contributed by atoms with Gasteiger partial charge in [-0.05, 0) is 42.8 Å². The summed E-state index contributed by atoms with van der Waals surface area (Å²) >= 11 is 2.71. The van der Waals surface area contributed by atoms with E-state index in [4.69, 9.17) is 10.00 Å². The number of carbonyl (C=O) groups excluding carboxylic acids is 1. The maximum atomic E-state index is 12.6. The van der Waals surface area contributed by atoms with E-state index < -0.39 is 0 Å². The number of methoxy groups -OCH3 is 1. The Bertz CT molecular complexity index is 1310. The predicted molar refractivity (Wildman–Crippen MR) is 124 cm³/mol. The molecule has 2 aromatic heterocycles. The molecule has 1 amide bonds. The normalized spacial score (nSPS) is 10.9. The van der Waals surface area contributed by atoms with Crippen molar-refractivity contribution in [2.45, 2.75) is 17.0 Å². The van der Waals surface area contributed by atoms with Crippen molar-refractivity contribution in [1.29, 1.82) is 5.26 Å². The Morgan fingerprint density at radius 2 is 2.03 bits per heavy atom. The number of carbonyl (C=O) groups is 1. The van der Waals surface area contributed by atoms with Crippen LogP contribution in [0.5, 0.6) is 5.75 Å². The number of benzene rings is 2. The highest BCUT2D eigenvalue weighted by Crippen LogP contribution is 2.29. The number of rotatable bonds is 7. The summed E-state index contributed by atoms with van der Waals surface area (Å²) in [6.07, 6.45) is 0. The summed E-state index contributed by atoms with van der Waals surface area (Å²) in [5.74, 6) is 1.09. The summed E-state index contributed by atoms with van der Waals surface area (Å²) in [7, 11) is 1.63. The Labute approximate surface area is 187 Å². The Hall–Kier alpha value is -3.22. The van der Waals surface area contributed by atoms with E-state index in [1.54, 1.807) is 7.11 Å². The summed E-state index contributed by atoms with van der Waals surface area (Å²) in [5.41, 5.74) is 3.45. The number of ether oxygens (including phenoxy) is 1. The molecule has 0 bridgehead atoms. The van der Waals surface area contributed by atoms with E-state index in [1.807, 2.05) is 59.9 Å². The van der Waals surface area contributed by atoms with Gasteiger partial charge in [-0.1, -0.05) is 23.9 Å². The van der Waals surface area contributed by atoms with Crippen LogP contribution in [0.25, 0.3) is 16.6 Å². The Kier molecular flexibility index (Phi) is 6.30. The van der Waals surface area contributed by atoms with Crippen LogP contribution in [0.4, 0.5) is 5.69 Å². The number of aromatic nitrogens is 3. The van der Waals surface area contributed by atoms with Crippen LogP contribution < -0.4 is 10.1 Å². The lowest BCUT2D eigenvalue weighted by Gasteiger charge is -2.10. The first-order valence-corrected chi connectivity index (χ1v) is 11.4. The zero-order valence-electron chi connectivity index (χ0n) is 17.0. The summed E-state index contributed by atoms with van der Waals surface area (Å²) in [6, 6.07) is 17.4. The maximum Gasteiger partial charge on any atom is 0.234 e. The predicted octanol–water partition coefficient (Wildman–Crippen LogP) is 4.55. The van der Waals surface area contributed by atoms with E-state index in [-0.39, 0.29) is 11.7 Å². The van der Waals surface area contributed by atoms with Crippen LogP contribution in [-0.4, -0.2) is 39.1 Å². The molecule has 0 unspecified atom stereocenters. The molecule has 0 spiro atoms. The number of thioether (sulfide) groups is 2. The monoisotopic (exact) mass is 449 g/mol. The zero-order valence-corrected chi connectivity index (χ0v) is 18.6. The molecule has 4 rings (SSSR count). The van der Waals surface area contributed by atoms with Crippen LogP contribution in [0.1, 0.15) is 5.56 Å². The van der Waals surface area contributed by atoms with Gasteiger partial charge >= 0.3 is 0 Å². The molecule has 0 aliphatic rings. The number of aryl methyl sites for hydroxylation is 1. The largest absolute Gasteiger partial charge is 0.497 e. The van der Waals surface area contributed by atoms with Gasteiger partial charge in [-0.25, -0.2) is 0 Å². The molecule has 4 aromatic rings. The smallest absolute Gasteiger partial charge is 0.234 e. The molecule has 31 heavy (non-hydrogen) atoms. The van der Waals surface area contributed by atoms with Crippen molar-refractivity contribution in [2.24, 2.45) is 0 Å². The number of fused-ring (bicyclic) bond motifs is 3. The van der Waals surface area contributed by atoms with Crippen molar-refractivity contribution < 1.29 is 9.53 Å². The Morgan fingerprint density at radius 1 is 1.19 bits per heavy atom. The van der Waals surface area contributed by atoms with Gasteiger partial charge in [-0.15, -0.1) is 22.0 Å². The highest BCUT2D eigenvalue weighted by Gasteiger charge is 2.15. The van der Waals surface area contributed by atoms with Crippen LogP contribution in [0.2, 0.25) is 0 Å². The average Bonchev–Trinajstić information content (AvgIpc) is 3.19. The molecular formula is C22H19N5O2S2. The van der Waals surface area contributed by atoms with Gasteiger partial charge in [0.25, 0.3) is 0 Å². The van der Waals surface area contributed by atoms with Crippen molar-refractivity contribution in [2.75, 3.05) is 23.9 Å². The lowest BCUT2D eigenvalue weighted by Crippen LogP contribution is -2.15. The molecule has 0 saturated heterocycles. The second-order valence-electron chi connectivity index (χ2n) is 6.67. The van der Waals surface area contributed by atoms with Gasteiger partial charge in [-0.3, -0.25) is 9.20 Å². The van der Waals surface area contributed by atoms with Crippen LogP contribution in [-0.2, 0) is 4.79 Å². The van der Waals surface area contributed by atoms with Crippen LogP contribution >= 0.6 is 23.5 Å². The Morgan fingerprint density at radius 3 is 2.84 bits per heavy atom. The fourth-order valence-corrected chi connectivity index (χ4v) is 4.67. The minimum absolute atomic E-state index is 0.152. The molecule has 0 saturated carbocycles. The fraction of sp³-hybridized carbons (Fsp3) is 0.182. The van der Waals surface area contributed by atoms with Crippen molar-refractivity contribution in [3.8, 4) is 11.8 Å². The minimum Gasteiger partial charge on any atom is -0.497 e. The fourth-order valence-electron chi connectivity index (χ4n) is 3.25. The number of hydrogen-bond donors (Lipinski definition) is 1. The number of pyridine rings is 1. The van der Waals surface area contributed by atoms with Crippen LogP contribution in [0.15, 0.2) is 58.6 Å². The third-order valence-corrected chi connectivity index (χ3v) is 6.53. The molecule has 9 heteroatoms. The Balaban J connectivity index is 1.57. The second kappa shape index (κ2) is 9.29. The minimum atomic E-state index is -0.152. The summed E-state index contributed by atoms with van der Waals surface area (Å²) < 4.78 is 7.33. The molecule has 156 valence electrons. The first-order chi connectivity index (χ1) is 15.1. The van der Waals surface area contributed by atoms with Gasteiger partial charge in [0.05, 0.1) is 35.9 Å². The van der Waals surface area contributed by atoms with E-state index in [0.717, 1.165) is 32.8 Å². The SMILES string of the molecule is COc1ccc2c(C)cc3nnc(SCC(=O)Nc4ccccc4SCC#N)n3c2c1. The molecule has 0 aliphatic carbocycles. The van der Waals surface area contributed by atoms with Crippen molar-refractivity contribution >= 4 is 51.7 Å². The first-order valence-electron chi connectivity index (χ1n) is 9.44. The summed E-state index contributed by atoms with van der Waals surface area (Å²) in [6.45, 7) is 2.03. The van der Waals surface area contributed by atoms with Crippen molar-refractivity contribution in [1.82, 2.24) is 14.6 Å². The topological polar surface area (TPSA) is 92.3 Å². The maximum absolute atomic E-state index is 12.6. The summed E-state index contributed by atoms with van der Waals surface area (Å²) in [4.78, 5) is 13.5. The highest BCUT2D eigenvalue weighted by molar-refractivity contribution is 8.00. The third kappa shape index (κ3) is 4.45. The molecule has 2 aromatic carbocycles. The number of hydrogen-bond acceptors (Lipinski definition) is 7. The highest BCUT2D eigenvalue weighted by atomic mass is 32.2. The average molecular weight is 450 g/mol. The van der Waals surface area contributed by atoms with Gasteiger partial charge in [0, 0.05) is 16.3 Å². The number of nitriles is 1. The molecule has 2 heterocycles. The van der Waals surface area contributed by atoms with Crippen LogP contribution in [0.3, 0.4) is 0 Å². The zero-order chi connectivity index (χ0) is 21.8. The molecule has 0 radical (unpaired) electrons. The molecule has 0 aliphatic heterocycles. The number of anilines is 1. The van der Waals surface area contributed by atoms with Gasteiger partial charge in [0.1, 0.15) is 5.75 Å². The number of amides is 1. The molecule has 7 nitrogen and oxygen atoms in total. The lowest BCUT2D eigenvalue weighted by atomic mass is 10.1. The standard InChI is InChI=1S/C22H19N5O2S2/c1-14-11-20-25-26-22(27(20)18-12-15(29-2)7-8-16(14)18)31-13-21(28)24-17-5-3-4-6-19(17)30-10-9-23/h3-8,11-12H,10,13H2,1-2H3,(H,24,28). The first kappa shape index (κ1) is 21.0. The van der Waals surface area contributed by atoms with Crippen molar-refractivity contribution in [3.05, 3.63) is 54.1 Å². The van der Waals surface area contributed by atoms with Crippen LogP contribution in [0, 0.1) is 18.3 Å². The van der Waals surface area contributed by atoms with Gasteiger partial charge in [-0.2, -0.15) is 5.26 Å². The number of nitrogens with zero attached hydrogens (tertiary/aromatic N) is 4. The van der Waals surface area contributed by atoms with E-state index in [2.05, 4.69) is 21.6 Å². The van der Waals surface area contributed by atoms with E-state index in [0.29, 0.717) is 16.6 Å². The molecule has 1 N–H and O–H groups in total. The number of nitrogens with one attached hydrogen (secondary N) is 1. The molecular weight excluding hydrogens is 430 g/mol. The molecule has 0 fully saturated rings. The van der Waals surface area contributed by atoms with Gasteiger partial charge in [0.2, 0.25) is 5.91 Å². The quantitative estimate of drug-likeness (QED) is 0.414. The van der Waals surface area contributed by atoms with E-state index in [9.17, 15) is 4.79 Å². The summed E-state index contributed by atoms with van der Waals surface area (Å²) in [5, 5.41) is 22.0. The number of para-hydroxylation sites is 1. The van der Waals surface area contributed by atoms with Crippen molar-refractivity contribution in [3.63, 3.8) is 0 Å². The van der Waals surface area contributed by atoms with Gasteiger partial charge < -0.3 is 10.1 Å². The third-order valence-electron chi connectivity index (χ3n) is 4.66. The second-order valence-corrected chi connectivity index (χ2v) is 8.63. The lowest BCUT2D eigenvalue weighted by molar-refractivity contribution is -0.113. The van der Waals surface area contributed by atoms with E-state index >= 15 is 0 Å². The van der Waals surface area contributed by atoms with E-state index in [1.165, 1.54) is 23.5 Å².